The highest BCUT2D eigenvalue weighted by atomic mass is 35.5. The Morgan fingerprint density at radius 2 is 2.33 bits per heavy atom. The number of hydrogen-bond acceptors (Lipinski definition) is 2. The molecule has 0 N–H and O–H groups in total. The van der Waals surface area contributed by atoms with E-state index >= 15 is 0 Å². The Bertz CT molecular complexity index is 370. The normalized spacial score (nSPS) is 10.1. The molecule has 2 heterocycles. The average molecular weight is 179 g/mol. The van der Waals surface area contributed by atoms with E-state index < -0.39 is 0 Å². The lowest BCUT2D eigenvalue weighted by Crippen LogP contribution is -1.94. The average Bonchev–Trinajstić information content (AvgIpc) is 2.57. The van der Waals surface area contributed by atoms with E-state index in [1.807, 2.05) is 0 Å². The smallest absolute Gasteiger partial charge is 0.157 e. The van der Waals surface area contributed by atoms with Crippen molar-refractivity contribution in [3.05, 3.63) is 42.1 Å². The highest BCUT2D eigenvalue weighted by Gasteiger charge is 2.00. The van der Waals surface area contributed by atoms with E-state index in [1.54, 1.807) is 35.6 Å². The second-order valence-electron chi connectivity index (χ2n) is 2.20. The molecule has 2 rings (SSSR count). The van der Waals surface area contributed by atoms with E-state index in [9.17, 15) is 0 Å². The van der Waals surface area contributed by atoms with Crippen LogP contribution in [0.3, 0.4) is 0 Å². The molecule has 0 fully saturated rings. The molecular weight excluding hydrogens is 174 g/mol. The van der Waals surface area contributed by atoms with E-state index in [-0.39, 0.29) is 0 Å². The summed E-state index contributed by atoms with van der Waals surface area (Å²) in [6.07, 6.45) is 6.73. The van der Waals surface area contributed by atoms with E-state index in [0.29, 0.717) is 10.8 Å². The number of halogens is 1. The third-order valence-electron chi connectivity index (χ3n) is 1.43. The Morgan fingerprint density at radius 3 is 3.00 bits per heavy atom. The van der Waals surface area contributed by atoms with Gasteiger partial charge in [0.05, 0.1) is 5.02 Å². The van der Waals surface area contributed by atoms with Gasteiger partial charge in [-0.1, -0.05) is 11.6 Å². The topological polar surface area (TPSA) is 30.7 Å². The first-order valence-electron chi connectivity index (χ1n) is 3.38. The molecule has 0 aromatic carbocycles. The number of rotatable bonds is 1. The molecule has 4 heteroatoms. The Kier molecular flexibility index (Phi) is 1.80. The molecule has 0 aliphatic rings. The van der Waals surface area contributed by atoms with Crippen LogP contribution in [0.15, 0.2) is 31.0 Å². The second kappa shape index (κ2) is 2.95. The molecule has 0 saturated heterocycles. The molecular formula is C8H5ClN3. The summed E-state index contributed by atoms with van der Waals surface area (Å²) in [6, 6.07) is 4.51. The van der Waals surface area contributed by atoms with Crippen LogP contribution in [0.2, 0.25) is 5.02 Å². The maximum Gasteiger partial charge on any atom is 0.157 e. The maximum atomic E-state index is 5.85. The molecule has 0 bridgehead atoms. The number of imidazole rings is 1. The Hall–Kier alpha value is -1.35. The van der Waals surface area contributed by atoms with Crippen molar-refractivity contribution in [1.82, 2.24) is 14.5 Å². The molecule has 0 saturated carbocycles. The van der Waals surface area contributed by atoms with Gasteiger partial charge in [-0.3, -0.25) is 4.57 Å². The fourth-order valence-electron chi connectivity index (χ4n) is 0.904. The van der Waals surface area contributed by atoms with Crippen LogP contribution in [0.4, 0.5) is 0 Å². The summed E-state index contributed by atoms with van der Waals surface area (Å²) in [5.74, 6) is 0.650. The summed E-state index contributed by atoms with van der Waals surface area (Å²) in [5, 5.41) is 0.496. The molecule has 0 unspecified atom stereocenters. The fourth-order valence-corrected chi connectivity index (χ4v) is 1.11. The Morgan fingerprint density at radius 1 is 1.42 bits per heavy atom. The van der Waals surface area contributed by atoms with Gasteiger partial charge >= 0.3 is 0 Å². The van der Waals surface area contributed by atoms with E-state index in [0.717, 1.165) is 0 Å². The number of nitrogens with zero attached hydrogens (tertiary/aromatic N) is 3. The molecule has 0 spiro atoms. The molecule has 2 aromatic heterocycles. The first-order chi connectivity index (χ1) is 5.88. The van der Waals surface area contributed by atoms with Crippen molar-refractivity contribution in [2.24, 2.45) is 0 Å². The molecule has 0 aliphatic carbocycles. The van der Waals surface area contributed by atoms with Gasteiger partial charge in [-0.2, -0.15) is 0 Å². The van der Waals surface area contributed by atoms with Crippen molar-refractivity contribution in [3.63, 3.8) is 0 Å². The van der Waals surface area contributed by atoms with Crippen LogP contribution >= 0.6 is 11.6 Å². The zero-order chi connectivity index (χ0) is 8.39. The predicted molar refractivity (Wildman–Crippen MR) is 45.2 cm³/mol. The molecule has 12 heavy (non-hydrogen) atoms. The molecule has 59 valence electrons. The van der Waals surface area contributed by atoms with Gasteiger partial charge in [-0.15, -0.1) is 0 Å². The summed E-state index contributed by atoms with van der Waals surface area (Å²) in [4.78, 5) is 7.97. The largest absolute Gasteiger partial charge is 0.289 e. The number of aromatic nitrogens is 3. The summed E-state index contributed by atoms with van der Waals surface area (Å²) >= 11 is 5.85. The zero-order valence-corrected chi connectivity index (χ0v) is 6.86. The quantitative estimate of drug-likeness (QED) is 0.666. The lowest BCUT2D eigenvalue weighted by molar-refractivity contribution is 0.993. The fraction of sp³-hybridized carbons (Fsp3) is 0. The third kappa shape index (κ3) is 1.19. The van der Waals surface area contributed by atoms with Crippen molar-refractivity contribution < 1.29 is 0 Å². The van der Waals surface area contributed by atoms with Gasteiger partial charge in [0, 0.05) is 24.7 Å². The molecule has 3 nitrogen and oxygen atoms in total. The van der Waals surface area contributed by atoms with Crippen molar-refractivity contribution >= 4 is 11.6 Å². The van der Waals surface area contributed by atoms with Crippen LogP contribution in [0.1, 0.15) is 0 Å². The molecule has 2 aromatic rings. The highest BCUT2D eigenvalue weighted by molar-refractivity contribution is 6.31. The summed E-state index contributed by atoms with van der Waals surface area (Å²) in [5.41, 5.74) is 0. The molecule has 1 radical (unpaired) electrons. The lowest BCUT2D eigenvalue weighted by Gasteiger charge is -2.00. The van der Waals surface area contributed by atoms with Crippen molar-refractivity contribution in [2.45, 2.75) is 0 Å². The van der Waals surface area contributed by atoms with Crippen LogP contribution < -0.4 is 0 Å². The molecule has 0 amide bonds. The van der Waals surface area contributed by atoms with E-state index in [1.165, 1.54) is 0 Å². The summed E-state index contributed by atoms with van der Waals surface area (Å²) < 4.78 is 1.73. The first-order valence-corrected chi connectivity index (χ1v) is 3.76. The van der Waals surface area contributed by atoms with Gasteiger partial charge in [0.1, 0.15) is 6.33 Å². The van der Waals surface area contributed by atoms with Gasteiger partial charge < -0.3 is 0 Å². The van der Waals surface area contributed by atoms with Crippen molar-refractivity contribution in [3.8, 4) is 5.82 Å². The number of pyridine rings is 1. The SMILES string of the molecule is Clc1[c]ccnc1-n1ccnc1. The molecule has 0 atom stereocenters. The van der Waals surface area contributed by atoms with Gasteiger partial charge in [-0.05, 0) is 6.07 Å². The van der Waals surface area contributed by atoms with E-state index in [4.69, 9.17) is 11.6 Å². The summed E-state index contributed by atoms with van der Waals surface area (Å²) in [6.45, 7) is 0. The zero-order valence-electron chi connectivity index (χ0n) is 6.11. The number of hydrogen-bond donors (Lipinski definition) is 0. The van der Waals surface area contributed by atoms with E-state index in [2.05, 4.69) is 16.0 Å². The Balaban J connectivity index is 2.55. The summed E-state index contributed by atoms with van der Waals surface area (Å²) in [7, 11) is 0. The van der Waals surface area contributed by atoms with Crippen molar-refractivity contribution in [2.75, 3.05) is 0 Å². The molecule has 0 aliphatic heterocycles. The first kappa shape index (κ1) is 7.31. The van der Waals surface area contributed by atoms with Crippen molar-refractivity contribution in [1.29, 1.82) is 0 Å². The van der Waals surface area contributed by atoms with Crippen LogP contribution in [0.5, 0.6) is 0 Å². The monoisotopic (exact) mass is 178 g/mol. The second-order valence-corrected chi connectivity index (χ2v) is 2.57. The minimum Gasteiger partial charge on any atom is -0.289 e. The van der Waals surface area contributed by atoms with Crippen LogP contribution in [-0.4, -0.2) is 14.5 Å². The lowest BCUT2D eigenvalue weighted by atomic mass is 10.4. The van der Waals surface area contributed by atoms with Gasteiger partial charge in [0.15, 0.2) is 5.82 Å². The highest BCUT2D eigenvalue weighted by Crippen LogP contribution is 2.15. The van der Waals surface area contributed by atoms with Gasteiger partial charge in [-0.25, -0.2) is 9.97 Å². The van der Waals surface area contributed by atoms with Gasteiger partial charge in [0.25, 0.3) is 0 Å². The van der Waals surface area contributed by atoms with Crippen LogP contribution in [0, 0.1) is 6.07 Å². The van der Waals surface area contributed by atoms with Crippen LogP contribution in [-0.2, 0) is 0 Å². The predicted octanol–water partition coefficient (Wildman–Crippen LogP) is 1.72. The Labute approximate surface area is 74.7 Å². The standard InChI is InChI=1S/C8H5ClN3/c9-7-2-1-3-11-8(7)12-5-4-10-6-12/h1,3-6H. The van der Waals surface area contributed by atoms with Crippen LogP contribution in [0.25, 0.3) is 5.82 Å². The minimum atomic E-state index is 0.496. The third-order valence-corrected chi connectivity index (χ3v) is 1.70. The minimum absolute atomic E-state index is 0.496. The van der Waals surface area contributed by atoms with Gasteiger partial charge in [0.2, 0.25) is 0 Å². The maximum absolute atomic E-state index is 5.85.